The smallest absolute Gasteiger partial charge is 0.418 e. The number of aromatic nitrogens is 2. The maximum absolute atomic E-state index is 9.75. The largest absolute Gasteiger partial charge is 0.673 e. The number of hydrogen-bond donors (Lipinski definition) is 0. The molecule has 0 aliphatic carbocycles. The standard InChI is InChI=1S/C5H10N2OSi.BF4/c1-2-8-9-7-4-3-6-5-7;2-1(3,4)5/h3-5H,2,9H2,1H3;/q;-1/p+1. The summed E-state index contributed by atoms with van der Waals surface area (Å²) in [5.74, 6) is 0. The fraction of sp³-hybridized carbons (Fsp3) is 0.400. The molecule has 9 heteroatoms. The molecule has 0 amide bonds. The molecule has 1 aromatic rings. The lowest BCUT2D eigenvalue weighted by molar-refractivity contribution is -0.376. The van der Waals surface area contributed by atoms with Crippen molar-refractivity contribution < 1.29 is 26.7 Å². The highest BCUT2D eigenvalue weighted by atomic mass is 28.2. The van der Waals surface area contributed by atoms with Gasteiger partial charge in [0.25, 0.3) is 0 Å². The molecule has 0 aromatic carbocycles. The van der Waals surface area contributed by atoms with Gasteiger partial charge in [-0.1, -0.05) is 0 Å². The van der Waals surface area contributed by atoms with E-state index in [-0.39, 0.29) is 0 Å². The van der Waals surface area contributed by atoms with Crippen LogP contribution in [-0.2, 0) is 4.43 Å². The number of rotatable bonds is 3. The Balaban J connectivity index is 0.000000292. The second-order valence-electron chi connectivity index (χ2n) is 2.24. The quantitative estimate of drug-likeness (QED) is 0.548. The summed E-state index contributed by atoms with van der Waals surface area (Å²) in [6.07, 6.45) is 5.80. The molecule has 1 aromatic heterocycles. The highest BCUT2D eigenvalue weighted by Crippen LogP contribution is 2.06. The minimum atomic E-state index is -6.00. The molecule has 3 nitrogen and oxygen atoms in total. The van der Waals surface area contributed by atoms with E-state index < -0.39 is 17.2 Å². The van der Waals surface area contributed by atoms with E-state index in [9.17, 15) is 17.3 Å². The van der Waals surface area contributed by atoms with Gasteiger partial charge in [0.05, 0.1) is 0 Å². The number of halogens is 4. The van der Waals surface area contributed by atoms with Gasteiger partial charge in [-0.2, -0.15) is 0 Å². The fourth-order valence-corrected chi connectivity index (χ4v) is 1.36. The van der Waals surface area contributed by atoms with Gasteiger partial charge in [-0.25, -0.2) is 0 Å². The van der Waals surface area contributed by atoms with E-state index in [1.54, 1.807) is 0 Å². The van der Waals surface area contributed by atoms with E-state index >= 15 is 0 Å². The number of nitrogens with zero attached hydrogens (tertiary/aromatic N) is 1. The van der Waals surface area contributed by atoms with Crippen molar-refractivity contribution in [3.63, 3.8) is 0 Å². The lowest BCUT2D eigenvalue weighted by atomic mass is 10.3. The average Bonchev–Trinajstić information content (AvgIpc) is 2.49. The van der Waals surface area contributed by atoms with Crippen molar-refractivity contribution >= 4 is 17.2 Å². The van der Waals surface area contributed by atoms with Crippen LogP contribution in [0.15, 0.2) is 18.7 Å². The number of H-pyrrole nitrogens is 1. The highest BCUT2D eigenvalue weighted by molar-refractivity contribution is 6.50. The summed E-state index contributed by atoms with van der Waals surface area (Å²) in [7, 11) is -6.48. The Morgan fingerprint density at radius 3 is 2.36 bits per heavy atom. The molecule has 1 N–H and O–H groups in total. The molecule has 0 spiro atoms. The van der Waals surface area contributed by atoms with Gasteiger partial charge in [0, 0.05) is 6.61 Å². The SMILES string of the molecule is CCO[SiH2]n1cc[nH+]c1.F[B-](F)(F)F. The lowest BCUT2D eigenvalue weighted by Crippen LogP contribution is -2.09. The third-order valence-electron chi connectivity index (χ3n) is 1.05. The normalized spacial score (nSPS) is 11.5. The van der Waals surface area contributed by atoms with E-state index in [1.807, 2.05) is 25.6 Å². The van der Waals surface area contributed by atoms with Crippen molar-refractivity contribution in [2.45, 2.75) is 6.92 Å². The molecule has 14 heavy (non-hydrogen) atoms. The van der Waals surface area contributed by atoms with Crippen LogP contribution in [-0.4, -0.2) is 28.0 Å². The zero-order chi connectivity index (χ0) is 11.0. The van der Waals surface area contributed by atoms with Crippen molar-refractivity contribution in [1.29, 1.82) is 0 Å². The molecular formula is C5H11BF4N2OSi. The number of nitrogens with one attached hydrogen (secondary N) is 1. The molecule has 0 bridgehead atoms. The summed E-state index contributed by atoms with van der Waals surface area (Å²) in [6.45, 7) is 2.84. The predicted octanol–water partition coefficient (Wildman–Crippen LogP) is 0.486. The van der Waals surface area contributed by atoms with Crippen LogP contribution in [0.4, 0.5) is 17.3 Å². The van der Waals surface area contributed by atoms with E-state index in [4.69, 9.17) is 4.43 Å². The maximum atomic E-state index is 9.75. The topological polar surface area (TPSA) is 28.3 Å². The van der Waals surface area contributed by atoms with Crippen molar-refractivity contribution in [2.24, 2.45) is 0 Å². The first-order valence-electron chi connectivity index (χ1n) is 3.90. The van der Waals surface area contributed by atoms with Crippen molar-refractivity contribution in [3.8, 4) is 0 Å². The van der Waals surface area contributed by atoms with Gasteiger partial charge in [-0.05, 0) is 6.92 Å². The maximum Gasteiger partial charge on any atom is 0.673 e. The Kier molecular flexibility index (Phi) is 6.21. The summed E-state index contributed by atoms with van der Waals surface area (Å²) in [5.41, 5.74) is 0. The van der Waals surface area contributed by atoms with Crippen LogP contribution in [0.5, 0.6) is 0 Å². The van der Waals surface area contributed by atoms with E-state index in [2.05, 4.69) is 9.22 Å². The Morgan fingerprint density at radius 2 is 2.00 bits per heavy atom. The second-order valence-corrected chi connectivity index (χ2v) is 3.64. The average molecular weight is 230 g/mol. The van der Waals surface area contributed by atoms with Crippen LogP contribution < -0.4 is 4.98 Å². The van der Waals surface area contributed by atoms with Crippen LogP contribution in [0, 0.1) is 0 Å². The van der Waals surface area contributed by atoms with Crippen molar-refractivity contribution in [3.05, 3.63) is 18.7 Å². The van der Waals surface area contributed by atoms with Gasteiger partial charge in [0.1, 0.15) is 12.4 Å². The third kappa shape index (κ3) is 11.2. The van der Waals surface area contributed by atoms with Crippen LogP contribution >= 0.6 is 0 Å². The van der Waals surface area contributed by atoms with Gasteiger partial charge in [-0.15, -0.1) is 0 Å². The molecule has 1 rings (SSSR count). The molecule has 0 saturated carbocycles. The molecule has 0 fully saturated rings. The lowest BCUT2D eigenvalue weighted by Gasteiger charge is -1.94. The third-order valence-corrected chi connectivity index (χ3v) is 2.33. The minimum Gasteiger partial charge on any atom is -0.418 e. The zero-order valence-electron chi connectivity index (χ0n) is 7.59. The van der Waals surface area contributed by atoms with Gasteiger partial charge in [0.2, 0.25) is 6.33 Å². The Hall–Kier alpha value is -0.828. The van der Waals surface area contributed by atoms with E-state index in [1.165, 1.54) is 0 Å². The summed E-state index contributed by atoms with van der Waals surface area (Å²) in [5, 5.41) is 0. The Bertz CT molecular complexity index is 224. The zero-order valence-corrected chi connectivity index (χ0v) is 9.01. The van der Waals surface area contributed by atoms with Gasteiger partial charge in [0.15, 0.2) is 0 Å². The summed E-state index contributed by atoms with van der Waals surface area (Å²) in [6, 6.07) is 0. The molecular weight excluding hydrogens is 219 g/mol. The van der Waals surface area contributed by atoms with Crippen molar-refractivity contribution in [1.82, 2.24) is 4.23 Å². The van der Waals surface area contributed by atoms with E-state index in [0.717, 1.165) is 6.61 Å². The Labute approximate surface area is 81.2 Å². The first-order chi connectivity index (χ1) is 6.43. The fourth-order valence-electron chi connectivity index (χ4n) is 0.598. The number of aromatic amines is 1. The second kappa shape index (κ2) is 6.60. The summed E-state index contributed by atoms with van der Waals surface area (Å²) >= 11 is 0. The van der Waals surface area contributed by atoms with Crippen molar-refractivity contribution in [2.75, 3.05) is 6.61 Å². The molecule has 0 aliphatic heterocycles. The van der Waals surface area contributed by atoms with Gasteiger partial charge < -0.3 is 21.7 Å². The molecule has 0 aliphatic rings. The Morgan fingerprint density at radius 1 is 1.43 bits per heavy atom. The highest BCUT2D eigenvalue weighted by Gasteiger charge is 2.20. The predicted molar refractivity (Wildman–Crippen MR) is 46.7 cm³/mol. The minimum absolute atomic E-state index is 0.484. The molecule has 82 valence electrons. The van der Waals surface area contributed by atoms with Crippen LogP contribution in [0.25, 0.3) is 0 Å². The summed E-state index contributed by atoms with van der Waals surface area (Å²) in [4.78, 5) is 2.96. The first kappa shape index (κ1) is 13.2. The molecule has 1 heterocycles. The van der Waals surface area contributed by atoms with Gasteiger partial charge in [-0.3, -0.25) is 9.22 Å². The van der Waals surface area contributed by atoms with Gasteiger partial charge >= 0.3 is 17.2 Å². The van der Waals surface area contributed by atoms with E-state index in [0.29, 0.717) is 0 Å². The molecule has 0 radical (unpaired) electrons. The number of hydrogen-bond acceptors (Lipinski definition) is 1. The molecule has 0 atom stereocenters. The first-order valence-corrected chi connectivity index (χ1v) is 5.11. The molecule has 0 unspecified atom stereocenters. The monoisotopic (exact) mass is 230 g/mol. The van der Waals surface area contributed by atoms with Crippen LogP contribution in [0.3, 0.4) is 0 Å². The summed E-state index contributed by atoms with van der Waals surface area (Å²) < 4.78 is 46.3. The van der Waals surface area contributed by atoms with Crippen LogP contribution in [0.1, 0.15) is 6.92 Å². The van der Waals surface area contributed by atoms with Crippen LogP contribution in [0.2, 0.25) is 0 Å². The number of imidazole rings is 1. The molecule has 0 saturated heterocycles.